The van der Waals surface area contributed by atoms with Crippen LogP contribution in [0.25, 0.3) is 5.82 Å². The maximum atomic E-state index is 13.2. The van der Waals surface area contributed by atoms with Crippen molar-refractivity contribution >= 4 is 18.4 Å². The Morgan fingerprint density at radius 1 is 1.00 bits per heavy atom. The third-order valence-corrected chi connectivity index (χ3v) is 6.28. The molecule has 4 rings (SSSR count). The second-order valence-electron chi connectivity index (χ2n) is 8.88. The average Bonchev–Trinajstić information content (AvgIpc) is 3.27. The number of hydrogen-bond donors (Lipinski definition) is 0. The predicted octanol–water partition coefficient (Wildman–Crippen LogP) is 3.30. The zero-order chi connectivity index (χ0) is 22.4. The Hall–Kier alpha value is -2.78. The van der Waals surface area contributed by atoms with E-state index < -0.39 is 12.9 Å². The molecule has 3 aromatic heterocycles. The number of anilines is 1. The number of aromatic nitrogens is 4. The SMILES string of the molecule is CC(c1ccc(-n2cc(F)cn2)nc1)N(C)c1ccc(B2OC(C)(C)C(C)(C)O2)cn1. The summed E-state index contributed by atoms with van der Waals surface area (Å²) in [7, 11) is 1.55. The van der Waals surface area contributed by atoms with Gasteiger partial charge >= 0.3 is 7.12 Å². The molecule has 0 aromatic carbocycles. The van der Waals surface area contributed by atoms with Crippen LogP contribution >= 0.6 is 0 Å². The number of hydrogen-bond acceptors (Lipinski definition) is 6. The average molecular weight is 423 g/mol. The maximum absolute atomic E-state index is 13.2. The van der Waals surface area contributed by atoms with Gasteiger partial charge in [0.2, 0.25) is 0 Å². The van der Waals surface area contributed by atoms with Crippen LogP contribution in [0, 0.1) is 5.82 Å². The molecule has 0 N–H and O–H groups in total. The zero-order valence-electron chi connectivity index (χ0n) is 18.7. The first kappa shape index (κ1) is 21.5. The molecule has 1 atom stereocenters. The number of rotatable bonds is 5. The molecule has 0 spiro atoms. The molecule has 0 saturated carbocycles. The molecule has 162 valence electrons. The molecular weight excluding hydrogens is 396 g/mol. The summed E-state index contributed by atoms with van der Waals surface area (Å²) < 4.78 is 26.8. The fraction of sp³-hybridized carbons (Fsp3) is 0.409. The van der Waals surface area contributed by atoms with E-state index in [4.69, 9.17) is 9.31 Å². The molecule has 0 aliphatic carbocycles. The van der Waals surface area contributed by atoms with Crippen molar-refractivity contribution in [3.8, 4) is 5.82 Å². The summed E-state index contributed by atoms with van der Waals surface area (Å²) >= 11 is 0. The third kappa shape index (κ3) is 4.07. The summed E-state index contributed by atoms with van der Waals surface area (Å²) in [4.78, 5) is 11.1. The molecule has 0 radical (unpaired) electrons. The highest BCUT2D eigenvalue weighted by atomic mass is 19.1. The van der Waals surface area contributed by atoms with Gasteiger partial charge in [-0.3, -0.25) is 0 Å². The fourth-order valence-electron chi connectivity index (χ4n) is 3.35. The van der Waals surface area contributed by atoms with Crippen LogP contribution in [-0.2, 0) is 9.31 Å². The molecule has 7 nitrogen and oxygen atoms in total. The lowest BCUT2D eigenvalue weighted by molar-refractivity contribution is 0.00578. The van der Waals surface area contributed by atoms with E-state index in [-0.39, 0.29) is 17.2 Å². The van der Waals surface area contributed by atoms with E-state index in [0.717, 1.165) is 23.0 Å². The van der Waals surface area contributed by atoms with Crippen LogP contribution < -0.4 is 10.4 Å². The second kappa shape index (κ2) is 7.73. The standard InChI is InChI=1S/C22H27BFN5O2/c1-15(16-7-9-20(25-11-16)29-14-18(24)13-27-29)28(6)19-10-8-17(12-26-19)23-30-21(2,3)22(4,5)31-23/h7-15H,1-6H3. The molecule has 9 heteroatoms. The van der Waals surface area contributed by atoms with Gasteiger partial charge < -0.3 is 14.2 Å². The Kier molecular flexibility index (Phi) is 5.35. The van der Waals surface area contributed by atoms with E-state index in [0.29, 0.717) is 5.82 Å². The lowest BCUT2D eigenvalue weighted by atomic mass is 9.80. The summed E-state index contributed by atoms with van der Waals surface area (Å²) in [5.41, 5.74) is 1.13. The third-order valence-electron chi connectivity index (χ3n) is 6.28. The highest BCUT2D eigenvalue weighted by Gasteiger charge is 2.51. The predicted molar refractivity (Wildman–Crippen MR) is 118 cm³/mol. The molecule has 1 aliphatic heterocycles. The van der Waals surface area contributed by atoms with E-state index >= 15 is 0 Å². The minimum atomic E-state index is -0.432. The van der Waals surface area contributed by atoms with Crippen molar-refractivity contribution in [2.24, 2.45) is 0 Å². The summed E-state index contributed by atoms with van der Waals surface area (Å²) in [6.07, 6.45) is 6.02. The molecule has 4 heterocycles. The van der Waals surface area contributed by atoms with Crippen LogP contribution in [0.1, 0.15) is 46.2 Å². The Morgan fingerprint density at radius 2 is 1.71 bits per heavy atom. The smallest absolute Gasteiger partial charge is 0.399 e. The molecular formula is C22H27BFN5O2. The van der Waals surface area contributed by atoms with E-state index in [9.17, 15) is 4.39 Å². The van der Waals surface area contributed by atoms with Crippen LogP contribution in [0.2, 0.25) is 0 Å². The van der Waals surface area contributed by atoms with E-state index in [1.54, 1.807) is 12.4 Å². The summed E-state index contributed by atoms with van der Waals surface area (Å²) in [5.74, 6) is 0.993. The first-order valence-electron chi connectivity index (χ1n) is 10.3. The summed E-state index contributed by atoms with van der Waals surface area (Å²) in [5, 5.41) is 3.94. The van der Waals surface area contributed by atoms with Crippen LogP contribution in [0.5, 0.6) is 0 Å². The minimum absolute atomic E-state index is 0.0334. The van der Waals surface area contributed by atoms with Crippen molar-refractivity contribution < 1.29 is 13.7 Å². The fourth-order valence-corrected chi connectivity index (χ4v) is 3.35. The topological polar surface area (TPSA) is 65.3 Å². The van der Waals surface area contributed by atoms with Gasteiger partial charge in [-0.2, -0.15) is 5.10 Å². The minimum Gasteiger partial charge on any atom is -0.399 e. The lowest BCUT2D eigenvalue weighted by Crippen LogP contribution is -2.41. The largest absolute Gasteiger partial charge is 0.496 e. The Balaban J connectivity index is 1.46. The number of nitrogens with zero attached hydrogens (tertiary/aromatic N) is 5. The van der Waals surface area contributed by atoms with E-state index in [2.05, 4.69) is 26.9 Å². The van der Waals surface area contributed by atoms with Gasteiger partial charge in [-0.1, -0.05) is 12.1 Å². The van der Waals surface area contributed by atoms with Crippen LogP contribution in [0.4, 0.5) is 10.2 Å². The van der Waals surface area contributed by atoms with Gasteiger partial charge in [0.15, 0.2) is 11.6 Å². The molecule has 1 unspecified atom stereocenters. The lowest BCUT2D eigenvalue weighted by Gasteiger charge is -2.32. The first-order valence-corrected chi connectivity index (χ1v) is 10.3. The van der Waals surface area contributed by atoms with Gasteiger partial charge in [0.25, 0.3) is 0 Å². The summed E-state index contributed by atoms with van der Waals surface area (Å²) in [6, 6.07) is 7.76. The van der Waals surface area contributed by atoms with Gasteiger partial charge in [-0.15, -0.1) is 0 Å². The maximum Gasteiger partial charge on any atom is 0.496 e. The van der Waals surface area contributed by atoms with Gasteiger partial charge in [0, 0.05) is 24.9 Å². The Morgan fingerprint density at radius 3 is 2.23 bits per heavy atom. The first-order chi connectivity index (χ1) is 14.6. The quantitative estimate of drug-likeness (QED) is 0.587. The highest BCUT2D eigenvalue weighted by Crippen LogP contribution is 2.36. The van der Waals surface area contributed by atoms with Gasteiger partial charge in [0.05, 0.1) is 29.6 Å². The van der Waals surface area contributed by atoms with Gasteiger partial charge in [-0.25, -0.2) is 19.0 Å². The van der Waals surface area contributed by atoms with Crippen LogP contribution in [0.15, 0.2) is 49.1 Å². The van der Waals surface area contributed by atoms with E-state index in [1.165, 1.54) is 10.9 Å². The molecule has 0 bridgehead atoms. The van der Waals surface area contributed by atoms with Crippen molar-refractivity contribution in [1.82, 2.24) is 19.7 Å². The van der Waals surface area contributed by atoms with Crippen LogP contribution in [-0.4, -0.2) is 45.1 Å². The number of halogens is 1. The van der Waals surface area contributed by atoms with Crippen molar-refractivity contribution in [2.75, 3.05) is 11.9 Å². The normalized spacial score (nSPS) is 18.2. The Labute approximate surface area is 182 Å². The van der Waals surface area contributed by atoms with Gasteiger partial charge in [-0.05, 0) is 52.3 Å². The second-order valence-corrected chi connectivity index (χ2v) is 8.88. The molecule has 3 aromatic rings. The monoisotopic (exact) mass is 423 g/mol. The van der Waals surface area contributed by atoms with Crippen LogP contribution in [0.3, 0.4) is 0 Å². The molecule has 1 aliphatic rings. The summed E-state index contributed by atoms with van der Waals surface area (Å²) in [6.45, 7) is 10.2. The zero-order valence-corrected chi connectivity index (χ0v) is 18.7. The number of pyridine rings is 2. The Bertz CT molecular complexity index is 1040. The van der Waals surface area contributed by atoms with Crippen molar-refractivity contribution in [3.05, 3.63) is 60.4 Å². The molecule has 31 heavy (non-hydrogen) atoms. The molecule has 1 fully saturated rings. The van der Waals surface area contributed by atoms with Crippen molar-refractivity contribution in [1.29, 1.82) is 0 Å². The van der Waals surface area contributed by atoms with E-state index in [1.807, 2.05) is 59.0 Å². The van der Waals surface area contributed by atoms with Gasteiger partial charge in [0.1, 0.15) is 5.82 Å². The van der Waals surface area contributed by atoms with Crippen molar-refractivity contribution in [2.45, 2.75) is 51.9 Å². The van der Waals surface area contributed by atoms with Crippen molar-refractivity contribution in [3.63, 3.8) is 0 Å². The highest BCUT2D eigenvalue weighted by molar-refractivity contribution is 6.62. The molecule has 1 saturated heterocycles. The molecule has 0 amide bonds.